The van der Waals surface area contributed by atoms with Gasteiger partial charge >= 0.3 is 0 Å². The number of nitrogens with zero attached hydrogens (tertiary/aromatic N) is 1. The maximum Gasteiger partial charge on any atom is 0.171 e. The summed E-state index contributed by atoms with van der Waals surface area (Å²) in [5, 5.41) is 16.7. The van der Waals surface area contributed by atoms with Crippen LogP contribution in [-0.2, 0) is 6.61 Å². The smallest absolute Gasteiger partial charge is 0.171 e. The first-order valence-corrected chi connectivity index (χ1v) is 9.81. The molecule has 1 aliphatic rings. The number of thiocarbonyl (C=S) groups is 1. The third kappa shape index (κ3) is 4.69. The van der Waals surface area contributed by atoms with E-state index in [0.29, 0.717) is 28.8 Å². The zero-order chi connectivity index (χ0) is 21.0. The van der Waals surface area contributed by atoms with E-state index in [4.69, 9.17) is 21.7 Å². The van der Waals surface area contributed by atoms with Crippen molar-refractivity contribution in [3.05, 3.63) is 70.9 Å². The van der Waals surface area contributed by atoms with Crippen molar-refractivity contribution in [2.24, 2.45) is 5.41 Å². The largest absolute Gasteiger partial charge is 0.493 e. The number of rotatable bonds is 5. The first-order chi connectivity index (χ1) is 13.8. The summed E-state index contributed by atoms with van der Waals surface area (Å²) in [5.41, 5.74) is 3.17. The van der Waals surface area contributed by atoms with Gasteiger partial charge in [0.25, 0.3) is 0 Å². The highest BCUT2D eigenvalue weighted by Gasteiger charge is 2.32. The van der Waals surface area contributed by atoms with Crippen LogP contribution in [0, 0.1) is 16.7 Å². The van der Waals surface area contributed by atoms with Crippen molar-refractivity contribution in [1.29, 1.82) is 5.26 Å². The second-order valence-electron chi connectivity index (χ2n) is 7.87. The van der Waals surface area contributed by atoms with Crippen molar-refractivity contribution < 1.29 is 9.47 Å². The molecule has 5 nitrogen and oxygen atoms in total. The lowest BCUT2D eigenvalue weighted by atomic mass is 9.84. The average molecular weight is 408 g/mol. The summed E-state index contributed by atoms with van der Waals surface area (Å²) in [6.07, 6.45) is 0. The van der Waals surface area contributed by atoms with Crippen molar-refractivity contribution in [3.8, 4) is 17.6 Å². The Balaban J connectivity index is 1.92. The van der Waals surface area contributed by atoms with Gasteiger partial charge < -0.3 is 20.1 Å². The molecule has 6 heteroatoms. The Hall–Kier alpha value is -3.04. The molecule has 0 aromatic heterocycles. The van der Waals surface area contributed by atoms with Crippen LogP contribution in [0.2, 0.25) is 0 Å². The number of hydrogen-bond donors (Lipinski definition) is 2. The number of methoxy groups -OCH3 is 1. The van der Waals surface area contributed by atoms with Crippen LogP contribution in [0.15, 0.2) is 59.8 Å². The molecule has 0 saturated carbocycles. The fourth-order valence-electron chi connectivity index (χ4n) is 3.24. The fourth-order valence-corrected chi connectivity index (χ4v) is 3.46. The van der Waals surface area contributed by atoms with E-state index in [1.165, 1.54) is 0 Å². The average Bonchev–Trinajstić information content (AvgIpc) is 2.71. The molecule has 0 radical (unpaired) electrons. The first-order valence-electron chi connectivity index (χ1n) is 9.40. The van der Waals surface area contributed by atoms with Crippen LogP contribution >= 0.6 is 12.2 Å². The van der Waals surface area contributed by atoms with Crippen LogP contribution in [-0.4, -0.2) is 12.2 Å². The summed E-state index contributed by atoms with van der Waals surface area (Å²) >= 11 is 5.39. The molecule has 2 aromatic rings. The molecule has 0 spiro atoms. The Labute approximate surface area is 177 Å². The SMILES string of the molecule is COc1cc([C@@H]2NC(=S)NC(C(C)(C)C)=C2C#N)ccc1OCc1ccccc1. The zero-order valence-electron chi connectivity index (χ0n) is 17.1. The van der Waals surface area contributed by atoms with Gasteiger partial charge in [0.1, 0.15) is 6.61 Å². The normalized spacial score (nSPS) is 16.5. The van der Waals surface area contributed by atoms with Crippen LogP contribution in [0.5, 0.6) is 11.5 Å². The molecule has 0 aliphatic carbocycles. The van der Waals surface area contributed by atoms with Crippen LogP contribution < -0.4 is 20.1 Å². The lowest BCUT2D eigenvalue weighted by Crippen LogP contribution is -2.46. The molecule has 1 atom stereocenters. The van der Waals surface area contributed by atoms with E-state index in [-0.39, 0.29) is 11.5 Å². The van der Waals surface area contributed by atoms with Gasteiger partial charge in [-0.15, -0.1) is 0 Å². The third-order valence-electron chi connectivity index (χ3n) is 4.70. The minimum absolute atomic E-state index is 0.238. The number of nitriles is 1. The van der Waals surface area contributed by atoms with Crippen molar-refractivity contribution in [2.75, 3.05) is 7.11 Å². The van der Waals surface area contributed by atoms with E-state index in [1.807, 2.05) is 48.5 Å². The highest BCUT2D eigenvalue weighted by molar-refractivity contribution is 7.80. The fraction of sp³-hybridized carbons (Fsp3) is 0.304. The molecule has 0 saturated heterocycles. The van der Waals surface area contributed by atoms with Crippen molar-refractivity contribution in [3.63, 3.8) is 0 Å². The number of hydrogen-bond acceptors (Lipinski definition) is 4. The number of benzene rings is 2. The van der Waals surface area contributed by atoms with Gasteiger partial charge in [0.05, 0.1) is 24.8 Å². The van der Waals surface area contributed by atoms with Crippen LogP contribution in [0.4, 0.5) is 0 Å². The van der Waals surface area contributed by atoms with E-state index in [1.54, 1.807) is 7.11 Å². The molecule has 0 unspecified atom stereocenters. The number of allylic oxidation sites excluding steroid dienone is 1. The molecule has 2 N–H and O–H groups in total. The summed E-state index contributed by atoms with van der Waals surface area (Å²) < 4.78 is 11.5. The summed E-state index contributed by atoms with van der Waals surface area (Å²) in [6, 6.07) is 17.7. The predicted molar refractivity (Wildman–Crippen MR) is 117 cm³/mol. The van der Waals surface area contributed by atoms with Gasteiger partial charge in [0.15, 0.2) is 16.6 Å². The highest BCUT2D eigenvalue weighted by Crippen LogP contribution is 2.37. The Bertz CT molecular complexity index is 972. The van der Waals surface area contributed by atoms with Gasteiger partial charge in [-0.1, -0.05) is 57.2 Å². The summed E-state index contributed by atoms with van der Waals surface area (Å²) in [5.74, 6) is 1.26. The van der Waals surface area contributed by atoms with Crippen molar-refractivity contribution in [1.82, 2.24) is 10.6 Å². The molecule has 29 heavy (non-hydrogen) atoms. The Morgan fingerprint density at radius 3 is 2.45 bits per heavy atom. The molecule has 3 rings (SSSR count). The molecule has 0 bridgehead atoms. The standard InChI is InChI=1S/C23H25N3O2S/c1-23(2,3)21-17(13-24)20(25-22(29)26-21)16-10-11-18(19(12-16)27-4)28-14-15-8-6-5-7-9-15/h5-12,20H,14H2,1-4H3,(H2,25,26,29)/t20-/m0/s1. The lowest BCUT2D eigenvalue weighted by molar-refractivity contribution is 0.284. The second kappa shape index (κ2) is 8.54. The molecular weight excluding hydrogens is 382 g/mol. The predicted octanol–water partition coefficient (Wildman–Crippen LogP) is 4.62. The van der Waals surface area contributed by atoms with E-state index in [9.17, 15) is 5.26 Å². The Kier molecular flexibility index (Phi) is 6.09. The third-order valence-corrected chi connectivity index (χ3v) is 4.92. The number of nitrogens with one attached hydrogen (secondary N) is 2. The monoisotopic (exact) mass is 407 g/mol. The van der Waals surface area contributed by atoms with E-state index >= 15 is 0 Å². The van der Waals surface area contributed by atoms with Crippen LogP contribution in [0.1, 0.15) is 37.9 Å². The molecule has 1 aliphatic heterocycles. The highest BCUT2D eigenvalue weighted by atomic mass is 32.1. The zero-order valence-corrected chi connectivity index (χ0v) is 17.9. The minimum Gasteiger partial charge on any atom is -0.493 e. The Morgan fingerprint density at radius 1 is 1.10 bits per heavy atom. The molecule has 1 heterocycles. The Morgan fingerprint density at radius 2 is 1.83 bits per heavy atom. The topological polar surface area (TPSA) is 66.3 Å². The molecular formula is C23H25N3O2S. The summed E-state index contributed by atoms with van der Waals surface area (Å²) in [6.45, 7) is 6.61. The number of ether oxygens (including phenoxy) is 2. The minimum atomic E-state index is -0.347. The van der Waals surface area contributed by atoms with Crippen molar-refractivity contribution >= 4 is 17.3 Å². The summed E-state index contributed by atoms with van der Waals surface area (Å²) in [4.78, 5) is 0. The second-order valence-corrected chi connectivity index (χ2v) is 8.27. The van der Waals surface area contributed by atoms with Gasteiger partial charge in [-0.25, -0.2) is 0 Å². The van der Waals surface area contributed by atoms with Crippen LogP contribution in [0.25, 0.3) is 0 Å². The van der Waals surface area contributed by atoms with Crippen molar-refractivity contribution in [2.45, 2.75) is 33.4 Å². The summed E-state index contributed by atoms with van der Waals surface area (Å²) in [7, 11) is 1.61. The van der Waals surface area contributed by atoms with E-state index < -0.39 is 0 Å². The van der Waals surface area contributed by atoms with Gasteiger partial charge in [-0.05, 0) is 35.5 Å². The van der Waals surface area contributed by atoms with E-state index in [0.717, 1.165) is 16.8 Å². The maximum absolute atomic E-state index is 9.85. The molecule has 0 fully saturated rings. The maximum atomic E-state index is 9.85. The van der Waals surface area contributed by atoms with Gasteiger partial charge in [-0.2, -0.15) is 5.26 Å². The molecule has 150 valence electrons. The van der Waals surface area contributed by atoms with E-state index in [2.05, 4.69) is 37.5 Å². The van der Waals surface area contributed by atoms with Gasteiger partial charge in [-0.3, -0.25) is 0 Å². The molecule has 0 amide bonds. The molecule has 2 aromatic carbocycles. The quantitative estimate of drug-likeness (QED) is 0.705. The first kappa shape index (κ1) is 20.7. The lowest BCUT2D eigenvalue weighted by Gasteiger charge is -2.35. The van der Waals surface area contributed by atoms with Crippen LogP contribution in [0.3, 0.4) is 0 Å². The van der Waals surface area contributed by atoms with Gasteiger partial charge in [0.2, 0.25) is 0 Å². The van der Waals surface area contributed by atoms with Gasteiger partial charge in [0, 0.05) is 11.1 Å².